The fourth-order valence-corrected chi connectivity index (χ4v) is 4.35. The van der Waals surface area contributed by atoms with Crippen molar-refractivity contribution < 1.29 is 13.2 Å². The van der Waals surface area contributed by atoms with Crippen molar-refractivity contribution in [2.75, 3.05) is 12.4 Å². The Balaban J connectivity index is 1.59. The second-order valence-corrected chi connectivity index (χ2v) is 8.05. The number of benzene rings is 2. The van der Waals surface area contributed by atoms with Crippen LogP contribution in [0.1, 0.15) is 5.56 Å². The number of nitrogens with zero attached hydrogens (tertiary/aromatic N) is 2. The number of nitrogens with one attached hydrogen (secondary N) is 1. The van der Waals surface area contributed by atoms with Crippen molar-refractivity contribution in [1.29, 1.82) is 0 Å². The SMILES string of the molecule is COc1cccc(CNc2ccc3c(ccn3S(=O)(=O)c3ccccc3)n2)c1. The van der Waals surface area contributed by atoms with Gasteiger partial charge in [-0.15, -0.1) is 0 Å². The van der Waals surface area contributed by atoms with Gasteiger partial charge in [0.15, 0.2) is 0 Å². The lowest BCUT2D eigenvalue weighted by Crippen LogP contribution is -2.11. The molecule has 28 heavy (non-hydrogen) atoms. The van der Waals surface area contributed by atoms with Crippen molar-refractivity contribution in [3.8, 4) is 5.75 Å². The van der Waals surface area contributed by atoms with Gasteiger partial charge in [-0.1, -0.05) is 30.3 Å². The van der Waals surface area contributed by atoms with Crippen molar-refractivity contribution in [2.24, 2.45) is 0 Å². The topological polar surface area (TPSA) is 73.2 Å². The van der Waals surface area contributed by atoms with Gasteiger partial charge in [0.05, 0.1) is 23.0 Å². The zero-order valence-electron chi connectivity index (χ0n) is 15.2. The van der Waals surface area contributed by atoms with Crippen LogP contribution in [0.3, 0.4) is 0 Å². The molecule has 2 aromatic carbocycles. The minimum Gasteiger partial charge on any atom is -0.497 e. The molecule has 0 amide bonds. The lowest BCUT2D eigenvalue weighted by molar-refractivity contribution is 0.414. The predicted molar refractivity (Wildman–Crippen MR) is 109 cm³/mol. The van der Waals surface area contributed by atoms with E-state index in [2.05, 4.69) is 10.3 Å². The molecule has 0 fully saturated rings. The number of rotatable bonds is 6. The molecule has 7 heteroatoms. The zero-order valence-corrected chi connectivity index (χ0v) is 16.1. The maximum Gasteiger partial charge on any atom is 0.268 e. The van der Waals surface area contributed by atoms with Gasteiger partial charge in [0, 0.05) is 12.7 Å². The van der Waals surface area contributed by atoms with Gasteiger partial charge >= 0.3 is 0 Å². The molecule has 0 aliphatic heterocycles. The zero-order chi connectivity index (χ0) is 19.6. The van der Waals surface area contributed by atoms with Crippen LogP contribution in [0.5, 0.6) is 5.75 Å². The van der Waals surface area contributed by atoms with Crippen molar-refractivity contribution in [3.63, 3.8) is 0 Å². The third-order valence-electron chi connectivity index (χ3n) is 4.42. The number of pyridine rings is 1. The minimum atomic E-state index is -3.66. The van der Waals surface area contributed by atoms with E-state index in [0.29, 0.717) is 23.4 Å². The molecule has 0 aliphatic rings. The second-order valence-electron chi connectivity index (χ2n) is 6.24. The van der Waals surface area contributed by atoms with E-state index < -0.39 is 10.0 Å². The highest BCUT2D eigenvalue weighted by atomic mass is 32.2. The number of anilines is 1. The van der Waals surface area contributed by atoms with E-state index in [1.165, 1.54) is 10.2 Å². The summed E-state index contributed by atoms with van der Waals surface area (Å²) in [6.45, 7) is 0.582. The summed E-state index contributed by atoms with van der Waals surface area (Å²) in [6.07, 6.45) is 1.53. The molecule has 0 atom stereocenters. The molecule has 0 aliphatic carbocycles. The molecule has 0 saturated carbocycles. The fraction of sp³-hybridized carbons (Fsp3) is 0.0952. The number of hydrogen-bond donors (Lipinski definition) is 1. The first-order valence-electron chi connectivity index (χ1n) is 8.73. The first-order valence-corrected chi connectivity index (χ1v) is 10.2. The van der Waals surface area contributed by atoms with Gasteiger partial charge in [0.1, 0.15) is 11.6 Å². The number of hydrogen-bond acceptors (Lipinski definition) is 5. The van der Waals surface area contributed by atoms with Crippen LogP contribution in [0.15, 0.2) is 83.9 Å². The summed E-state index contributed by atoms with van der Waals surface area (Å²) in [5.41, 5.74) is 2.21. The van der Waals surface area contributed by atoms with Gasteiger partial charge in [-0.2, -0.15) is 0 Å². The number of aromatic nitrogens is 2. The monoisotopic (exact) mass is 393 g/mol. The minimum absolute atomic E-state index is 0.243. The summed E-state index contributed by atoms with van der Waals surface area (Å²) in [5, 5.41) is 3.26. The molecule has 0 radical (unpaired) electrons. The van der Waals surface area contributed by atoms with Gasteiger partial charge in [0.25, 0.3) is 10.0 Å². The average molecular weight is 393 g/mol. The maximum atomic E-state index is 12.9. The molecule has 142 valence electrons. The molecule has 1 N–H and O–H groups in total. The van der Waals surface area contributed by atoms with E-state index in [9.17, 15) is 8.42 Å². The second kappa shape index (κ2) is 7.36. The molecule has 4 aromatic rings. The maximum absolute atomic E-state index is 12.9. The summed E-state index contributed by atoms with van der Waals surface area (Å²) in [6, 6.07) is 21.4. The Morgan fingerprint density at radius 3 is 2.61 bits per heavy atom. The number of ether oxygens (including phenoxy) is 1. The average Bonchev–Trinajstić information content (AvgIpc) is 3.17. The summed E-state index contributed by atoms with van der Waals surface area (Å²) in [5.74, 6) is 1.47. The van der Waals surface area contributed by atoms with E-state index >= 15 is 0 Å². The highest BCUT2D eigenvalue weighted by Crippen LogP contribution is 2.23. The Hall–Kier alpha value is -3.32. The summed E-state index contributed by atoms with van der Waals surface area (Å²) in [4.78, 5) is 4.78. The van der Waals surface area contributed by atoms with Crippen LogP contribution in [-0.4, -0.2) is 24.5 Å². The standard InChI is InChI=1S/C21H19N3O3S/c1-27-17-7-5-6-16(14-17)15-22-21-11-10-20-19(23-21)12-13-24(20)28(25,26)18-8-3-2-4-9-18/h2-14H,15H2,1H3,(H,22,23). The van der Waals surface area contributed by atoms with Gasteiger partial charge < -0.3 is 10.1 Å². The molecule has 0 unspecified atom stereocenters. The smallest absolute Gasteiger partial charge is 0.268 e. The largest absolute Gasteiger partial charge is 0.497 e. The Morgan fingerprint density at radius 1 is 1.00 bits per heavy atom. The summed E-state index contributed by atoms with van der Waals surface area (Å²) in [7, 11) is -2.02. The summed E-state index contributed by atoms with van der Waals surface area (Å²) < 4.78 is 32.2. The van der Waals surface area contributed by atoms with Crippen molar-refractivity contribution >= 4 is 26.9 Å². The Labute approximate surface area is 163 Å². The highest BCUT2D eigenvalue weighted by molar-refractivity contribution is 7.90. The molecule has 2 heterocycles. The van der Waals surface area contributed by atoms with Crippen LogP contribution in [0.2, 0.25) is 0 Å². The van der Waals surface area contributed by atoms with Crippen LogP contribution >= 0.6 is 0 Å². The third-order valence-corrected chi connectivity index (χ3v) is 6.12. The molecule has 4 rings (SSSR count). The molecular formula is C21H19N3O3S. The van der Waals surface area contributed by atoms with Crippen LogP contribution in [-0.2, 0) is 16.6 Å². The Kier molecular flexibility index (Phi) is 4.75. The van der Waals surface area contributed by atoms with Crippen LogP contribution in [0, 0.1) is 0 Å². The first kappa shape index (κ1) is 18.1. The number of fused-ring (bicyclic) bond motifs is 1. The third kappa shape index (κ3) is 3.44. The van der Waals surface area contributed by atoms with Crippen LogP contribution in [0.4, 0.5) is 5.82 Å². The lowest BCUT2D eigenvalue weighted by Gasteiger charge is -2.09. The number of methoxy groups -OCH3 is 1. The van der Waals surface area contributed by atoms with Crippen molar-refractivity contribution in [3.05, 3.63) is 84.6 Å². The van der Waals surface area contributed by atoms with E-state index in [-0.39, 0.29) is 4.90 Å². The molecule has 0 spiro atoms. The van der Waals surface area contributed by atoms with Gasteiger partial charge in [0.2, 0.25) is 0 Å². The molecule has 2 aromatic heterocycles. The molecule has 6 nitrogen and oxygen atoms in total. The first-order chi connectivity index (χ1) is 13.6. The fourth-order valence-electron chi connectivity index (χ4n) is 2.98. The molecule has 0 saturated heterocycles. The summed E-state index contributed by atoms with van der Waals surface area (Å²) >= 11 is 0. The Morgan fingerprint density at radius 2 is 1.82 bits per heavy atom. The van der Waals surface area contributed by atoms with E-state index in [4.69, 9.17) is 4.74 Å². The quantitative estimate of drug-likeness (QED) is 0.538. The highest BCUT2D eigenvalue weighted by Gasteiger charge is 2.18. The van der Waals surface area contributed by atoms with E-state index in [0.717, 1.165) is 11.3 Å². The molecule has 0 bridgehead atoms. The van der Waals surface area contributed by atoms with Gasteiger partial charge in [-0.05, 0) is 48.0 Å². The normalized spacial score (nSPS) is 11.5. The van der Waals surface area contributed by atoms with E-state index in [1.807, 2.05) is 24.3 Å². The molecular weight excluding hydrogens is 374 g/mol. The van der Waals surface area contributed by atoms with Crippen LogP contribution in [0.25, 0.3) is 11.0 Å². The lowest BCUT2D eigenvalue weighted by atomic mass is 10.2. The van der Waals surface area contributed by atoms with Crippen molar-refractivity contribution in [2.45, 2.75) is 11.4 Å². The van der Waals surface area contributed by atoms with E-state index in [1.54, 1.807) is 55.6 Å². The van der Waals surface area contributed by atoms with Gasteiger partial charge in [-0.3, -0.25) is 0 Å². The predicted octanol–water partition coefficient (Wildman–Crippen LogP) is 3.89. The van der Waals surface area contributed by atoms with Gasteiger partial charge in [-0.25, -0.2) is 17.4 Å². The Bertz CT molecular complexity index is 1220. The van der Waals surface area contributed by atoms with Crippen molar-refractivity contribution in [1.82, 2.24) is 8.96 Å². The van der Waals surface area contributed by atoms with Crippen LogP contribution < -0.4 is 10.1 Å².